The molecule has 0 spiro atoms. The third kappa shape index (κ3) is 3.22. The van der Waals surface area contributed by atoms with Gasteiger partial charge in [-0.25, -0.2) is 0 Å². The number of amides is 1. The lowest BCUT2D eigenvalue weighted by Gasteiger charge is -2.18. The number of pyridine rings is 1. The number of aryl methyl sites for hydroxylation is 1. The van der Waals surface area contributed by atoms with E-state index in [9.17, 15) is 4.79 Å². The maximum atomic E-state index is 12.0. The molecule has 1 N–H and O–H groups in total. The Balaban J connectivity index is 1.24. The van der Waals surface area contributed by atoms with E-state index in [1.54, 1.807) is 12.4 Å². The van der Waals surface area contributed by atoms with Crippen LogP contribution in [0.3, 0.4) is 0 Å². The molecular weight excluding hydrogens is 304 g/mol. The van der Waals surface area contributed by atoms with Gasteiger partial charge in [0.15, 0.2) is 0 Å². The van der Waals surface area contributed by atoms with Crippen molar-refractivity contribution in [2.24, 2.45) is 17.8 Å². The van der Waals surface area contributed by atoms with E-state index in [0.717, 1.165) is 18.0 Å². The summed E-state index contributed by atoms with van der Waals surface area (Å²) in [5.41, 5.74) is 0.855. The number of hydrogen-bond acceptors (Lipinski definition) is 5. The molecule has 2 aliphatic carbocycles. The summed E-state index contributed by atoms with van der Waals surface area (Å²) in [6.07, 6.45) is 11.3. The zero-order valence-electron chi connectivity index (χ0n) is 13.4. The second-order valence-corrected chi connectivity index (χ2v) is 6.59. The average molecular weight is 324 g/mol. The number of nitrogens with zero attached hydrogens (tertiary/aromatic N) is 3. The van der Waals surface area contributed by atoms with Gasteiger partial charge in [0.2, 0.25) is 17.6 Å². The third-order valence-corrected chi connectivity index (χ3v) is 4.95. The van der Waals surface area contributed by atoms with Crippen LogP contribution in [-0.4, -0.2) is 27.6 Å². The standard InChI is InChI=1S/C18H20N4O2/c23-16(20-11-15-10-12-1-2-14(15)9-12)3-4-17-21-18(22-24-17)13-5-7-19-8-6-13/h1-2,5-8,12,14-15H,3-4,9-11H2,(H,20,23)/t12-,14-,15+/m0/s1. The van der Waals surface area contributed by atoms with E-state index in [-0.39, 0.29) is 5.91 Å². The molecule has 0 aromatic carbocycles. The predicted molar refractivity (Wildman–Crippen MR) is 87.7 cm³/mol. The smallest absolute Gasteiger partial charge is 0.227 e. The SMILES string of the molecule is O=C(CCc1nc(-c2ccncc2)no1)NC[C@H]1C[C@H]2C=C[C@H]1C2. The molecule has 124 valence electrons. The fourth-order valence-corrected chi connectivity index (χ4v) is 3.66. The number of rotatable bonds is 6. The second kappa shape index (κ2) is 6.55. The van der Waals surface area contributed by atoms with Gasteiger partial charge in [-0.3, -0.25) is 9.78 Å². The van der Waals surface area contributed by atoms with Crippen LogP contribution in [0.2, 0.25) is 0 Å². The van der Waals surface area contributed by atoms with E-state index in [0.29, 0.717) is 36.4 Å². The van der Waals surface area contributed by atoms with Crippen LogP contribution < -0.4 is 5.32 Å². The highest BCUT2D eigenvalue weighted by Gasteiger charge is 2.35. The first-order chi connectivity index (χ1) is 11.8. The summed E-state index contributed by atoms with van der Waals surface area (Å²) in [4.78, 5) is 20.3. The molecule has 1 fully saturated rings. The zero-order chi connectivity index (χ0) is 16.4. The fourth-order valence-electron chi connectivity index (χ4n) is 3.66. The molecule has 0 aliphatic heterocycles. The van der Waals surface area contributed by atoms with E-state index < -0.39 is 0 Å². The normalized spacial score (nSPS) is 24.4. The lowest BCUT2D eigenvalue weighted by atomic mass is 9.93. The molecular formula is C18H20N4O2. The quantitative estimate of drug-likeness (QED) is 0.825. The number of nitrogens with one attached hydrogen (secondary N) is 1. The van der Waals surface area contributed by atoms with Crippen LogP contribution in [0, 0.1) is 17.8 Å². The summed E-state index contributed by atoms with van der Waals surface area (Å²) in [6, 6.07) is 3.65. The molecule has 2 heterocycles. The monoisotopic (exact) mass is 324 g/mol. The Morgan fingerprint density at radius 3 is 2.88 bits per heavy atom. The van der Waals surface area contributed by atoms with E-state index in [1.165, 1.54) is 12.8 Å². The molecule has 6 nitrogen and oxygen atoms in total. The lowest BCUT2D eigenvalue weighted by Crippen LogP contribution is -2.31. The largest absolute Gasteiger partial charge is 0.356 e. The first kappa shape index (κ1) is 15.1. The van der Waals surface area contributed by atoms with Crippen LogP contribution in [0.4, 0.5) is 0 Å². The molecule has 2 aliphatic rings. The van der Waals surface area contributed by atoms with Crippen LogP contribution in [0.15, 0.2) is 41.2 Å². The molecule has 0 radical (unpaired) electrons. The second-order valence-electron chi connectivity index (χ2n) is 6.59. The van der Waals surface area contributed by atoms with Gasteiger partial charge in [0.1, 0.15) is 0 Å². The summed E-state index contributed by atoms with van der Waals surface area (Å²) in [5, 5.41) is 6.99. The van der Waals surface area contributed by atoms with Crippen molar-refractivity contribution in [2.45, 2.75) is 25.7 Å². The number of carbonyl (C=O) groups excluding carboxylic acids is 1. The van der Waals surface area contributed by atoms with Crippen molar-refractivity contribution >= 4 is 5.91 Å². The Kier molecular flexibility index (Phi) is 4.11. The van der Waals surface area contributed by atoms with E-state index >= 15 is 0 Å². The van der Waals surface area contributed by atoms with E-state index in [2.05, 4.69) is 32.6 Å². The van der Waals surface area contributed by atoms with Gasteiger partial charge in [0, 0.05) is 37.3 Å². The molecule has 6 heteroatoms. The van der Waals surface area contributed by atoms with Crippen molar-refractivity contribution in [3.63, 3.8) is 0 Å². The minimum absolute atomic E-state index is 0.0467. The summed E-state index contributed by atoms with van der Waals surface area (Å²) < 4.78 is 5.22. The van der Waals surface area contributed by atoms with Crippen molar-refractivity contribution in [1.82, 2.24) is 20.4 Å². The van der Waals surface area contributed by atoms with Crippen LogP contribution in [0.25, 0.3) is 11.4 Å². The van der Waals surface area contributed by atoms with Crippen molar-refractivity contribution in [3.8, 4) is 11.4 Å². The van der Waals surface area contributed by atoms with Crippen molar-refractivity contribution in [3.05, 3.63) is 42.6 Å². The summed E-state index contributed by atoms with van der Waals surface area (Å²) in [7, 11) is 0. The molecule has 3 atom stereocenters. The van der Waals surface area contributed by atoms with Crippen LogP contribution in [-0.2, 0) is 11.2 Å². The summed E-state index contributed by atoms with van der Waals surface area (Å²) in [6.45, 7) is 0.774. The molecule has 1 saturated carbocycles. The van der Waals surface area contributed by atoms with Crippen molar-refractivity contribution in [1.29, 1.82) is 0 Å². The molecule has 2 bridgehead atoms. The fraction of sp³-hybridized carbons (Fsp3) is 0.444. The maximum absolute atomic E-state index is 12.0. The maximum Gasteiger partial charge on any atom is 0.227 e. The Bertz CT molecular complexity index is 740. The highest BCUT2D eigenvalue weighted by molar-refractivity contribution is 5.76. The van der Waals surface area contributed by atoms with Gasteiger partial charge >= 0.3 is 0 Å². The van der Waals surface area contributed by atoms with Gasteiger partial charge in [0.25, 0.3) is 0 Å². The van der Waals surface area contributed by atoms with Crippen molar-refractivity contribution in [2.75, 3.05) is 6.54 Å². The highest BCUT2D eigenvalue weighted by atomic mass is 16.5. The number of fused-ring (bicyclic) bond motifs is 2. The first-order valence-corrected chi connectivity index (χ1v) is 8.46. The molecule has 0 saturated heterocycles. The Hall–Kier alpha value is -2.50. The van der Waals surface area contributed by atoms with Gasteiger partial charge in [0.05, 0.1) is 0 Å². The van der Waals surface area contributed by atoms with Crippen LogP contribution >= 0.6 is 0 Å². The minimum atomic E-state index is 0.0467. The van der Waals surface area contributed by atoms with Crippen LogP contribution in [0.1, 0.15) is 25.2 Å². The first-order valence-electron chi connectivity index (χ1n) is 8.46. The van der Waals surface area contributed by atoms with Gasteiger partial charge < -0.3 is 9.84 Å². The van der Waals surface area contributed by atoms with E-state index in [4.69, 9.17) is 4.52 Å². The lowest BCUT2D eigenvalue weighted by molar-refractivity contribution is -0.121. The van der Waals surface area contributed by atoms with Gasteiger partial charge in [-0.05, 0) is 42.7 Å². The van der Waals surface area contributed by atoms with Crippen LogP contribution in [0.5, 0.6) is 0 Å². The number of carbonyl (C=O) groups is 1. The zero-order valence-corrected chi connectivity index (χ0v) is 13.4. The Morgan fingerprint density at radius 1 is 1.25 bits per heavy atom. The summed E-state index contributed by atoms with van der Waals surface area (Å²) in [5.74, 6) is 3.06. The number of hydrogen-bond donors (Lipinski definition) is 1. The number of allylic oxidation sites excluding steroid dienone is 2. The summed E-state index contributed by atoms with van der Waals surface area (Å²) >= 11 is 0. The minimum Gasteiger partial charge on any atom is -0.356 e. The third-order valence-electron chi connectivity index (χ3n) is 4.95. The molecule has 24 heavy (non-hydrogen) atoms. The Labute approximate surface area is 140 Å². The Morgan fingerprint density at radius 2 is 2.12 bits per heavy atom. The van der Waals surface area contributed by atoms with E-state index in [1.807, 2.05) is 12.1 Å². The highest BCUT2D eigenvalue weighted by Crippen LogP contribution is 2.42. The molecule has 4 rings (SSSR count). The van der Waals surface area contributed by atoms with Crippen molar-refractivity contribution < 1.29 is 9.32 Å². The molecule has 1 amide bonds. The van der Waals surface area contributed by atoms with Gasteiger partial charge in [-0.2, -0.15) is 4.98 Å². The molecule has 0 unspecified atom stereocenters. The predicted octanol–water partition coefficient (Wildman–Crippen LogP) is 2.39. The average Bonchev–Trinajstić information content (AvgIpc) is 3.35. The van der Waals surface area contributed by atoms with Gasteiger partial charge in [-0.15, -0.1) is 0 Å². The van der Waals surface area contributed by atoms with Gasteiger partial charge in [-0.1, -0.05) is 17.3 Å². The molecule has 2 aromatic rings. The molecule has 2 aromatic heterocycles. The topological polar surface area (TPSA) is 80.9 Å². The number of aromatic nitrogens is 3.